The molecule has 0 aromatic heterocycles. The molecule has 4 aromatic carbocycles. The molecule has 0 bridgehead atoms. The molecule has 0 spiro atoms. The zero-order chi connectivity index (χ0) is 40.5. The van der Waals surface area contributed by atoms with Crippen LogP contribution in [0.5, 0.6) is 11.5 Å². The highest BCUT2D eigenvalue weighted by molar-refractivity contribution is 8.00. The largest absolute Gasteiger partial charge is 0.508 e. The zero-order valence-electron chi connectivity index (χ0n) is 30.1. The maximum atomic E-state index is 13.7. The summed E-state index contributed by atoms with van der Waals surface area (Å²) in [6.45, 7) is -0.720. The molecule has 0 radical (unpaired) electrons. The summed E-state index contributed by atoms with van der Waals surface area (Å²) in [5, 5.41) is 31.9. The second-order valence-corrected chi connectivity index (χ2v) is 13.8. The third kappa shape index (κ3) is 10.8. The molecule has 16 heteroatoms. The standard InChI is InChI=1S/C39H38F2N4O9S/c40-25-7-3-23(4-8-25)32(47)21-55-36-35(45(38(36)51)27-11-9-26(41)10-12-27)24-5-15-29(16-6-24)54-20-34(49)43-30(17-18-33(42)48)37(50)44-31(39(52)53)19-22-1-13-28(46)14-2-22/h1-16,30-32,35-36,46-47H,17-21H2,(H2,42,48)(H,43,49)(H,44,50)(H,52,53)/t30-,31-,32?,35+,36+/m0/s1/i/hD. The van der Waals surface area contributed by atoms with Crippen molar-refractivity contribution in [1.29, 1.82) is 0 Å². The maximum absolute atomic E-state index is 13.7. The lowest BCUT2D eigenvalue weighted by molar-refractivity contribution is -0.142. The molecule has 0 saturated carbocycles. The summed E-state index contributed by atoms with van der Waals surface area (Å²) < 4.78 is 41.1. The van der Waals surface area contributed by atoms with Crippen LogP contribution in [0.4, 0.5) is 14.5 Å². The SMILES string of the molecule is [2H]N(C(=O)COc1ccc([C@@H]2[C@@H](SCC(O)c3ccc(F)cc3)C(=O)N2c2ccc(F)cc2)cc1)[C@@H](CCC(N)=O)C(=O)N[C@@H](Cc1ccc(O)cc1)C(=O)O. The molecule has 1 aliphatic rings. The normalized spacial score (nSPS) is 16.9. The van der Waals surface area contributed by atoms with Crippen LogP contribution in [0.1, 0.15) is 41.7 Å². The molecule has 13 nitrogen and oxygen atoms in total. The van der Waals surface area contributed by atoms with Crippen LogP contribution < -0.4 is 26.0 Å². The predicted molar refractivity (Wildman–Crippen MR) is 198 cm³/mol. The van der Waals surface area contributed by atoms with Gasteiger partial charge < -0.3 is 41.3 Å². The molecule has 1 aliphatic heterocycles. The van der Waals surface area contributed by atoms with Gasteiger partial charge in [0.05, 0.1) is 12.1 Å². The molecule has 1 unspecified atom stereocenters. The van der Waals surface area contributed by atoms with E-state index in [-0.39, 0.29) is 42.4 Å². The number of carbonyl (C=O) groups excluding carboxylic acids is 4. The minimum atomic E-state index is -1.60. The molecule has 1 heterocycles. The van der Waals surface area contributed by atoms with E-state index in [1.807, 2.05) is 0 Å². The molecule has 7 N–H and O–H groups in total. The minimum absolute atomic E-state index is 0.0402. The van der Waals surface area contributed by atoms with E-state index in [9.17, 15) is 48.1 Å². The van der Waals surface area contributed by atoms with Crippen molar-refractivity contribution in [2.45, 2.75) is 48.7 Å². The third-order valence-electron chi connectivity index (χ3n) is 8.68. The second kappa shape index (κ2) is 18.4. The number of thioether (sulfide) groups is 1. The molecule has 5 rings (SSSR count). The third-order valence-corrected chi connectivity index (χ3v) is 10.0. The van der Waals surface area contributed by atoms with E-state index in [1.54, 1.807) is 12.1 Å². The number of nitrogens with zero attached hydrogens (tertiary/aromatic N) is 1. The number of anilines is 1. The quantitative estimate of drug-likeness (QED) is 0.0810. The van der Waals surface area contributed by atoms with E-state index < -0.39 is 71.4 Å². The van der Waals surface area contributed by atoms with Crippen molar-refractivity contribution in [2.24, 2.45) is 5.73 Å². The van der Waals surface area contributed by atoms with E-state index in [2.05, 4.69) is 5.32 Å². The lowest BCUT2D eigenvalue weighted by Gasteiger charge is -2.47. The molecule has 288 valence electrons. The summed E-state index contributed by atoms with van der Waals surface area (Å²) in [5.74, 6) is -5.15. The average Bonchev–Trinajstić information content (AvgIpc) is 3.17. The summed E-state index contributed by atoms with van der Waals surface area (Å²) in [5.41, 5.74) is 7.30. The van der Waals surface area contributed by atoms with Crippen molar-refractivity contribution in [1.82, 2.24) is 10.6 Å². The van der Waals surface area contributed by atoms with Gasteiger partial charge in [-0.2, -0.15) is 0 Å². The van der Waals surface area contributed by atoms with Crippen molar-refractivity contribution >= 4 is 47.0 Å². The van der Waals surface area contributed by atoms with E-state index in [0.29, 0.717) is 27.7 Å². The Hall–Kier alpha value is -6.00. The van der Waals surface area contributed by atoms with Crippen LogP contribution in [0.25, 0.3) is 0 Å². The number of primary amides is 1. The summed E-state index contributed by atoms with van der Waals surface area (Å²) in [7, 11) is 0. The molecular formula is C39H38F2N4O9S. The predicted octanol–water partition coefficient (Wildman–Crippen LogP) is 3.53. The number of benzene rings is 4. The number of hydrogen-bond donors (Lipinski definition) is 6. The first-order valence-electron chi connectivity index (χ1n) is 17.4. The van der Waals surface area contributed by atoms with Gasteiger partial charge in [0.15, 0.2) is 8.02 Å². The van der Waals surface area contributed by atoms with E-state index in [1.165, 1.54) is 102 Å². The number of β-lactam (4-membered cyclic amide) rings is 1. The highest BCUT2D eigenvalue weighted by Gasteiger charge is 2.49. The summed E-state index contributed by atoms with van der Waals surface area (Å²) in [6.07, 6.45) is -1.92. The number of aliphatic hydroxyl groups is 1. The number of nitrogens with one attached hydrogen (secondary N) is 2. The number of ether oxygens (including phenoxy) is 1. The summed E-state index contributed by atoms with van der Waals surface area (Å²) in [4.78, 5) is 64.7. The Kier molecular flexibility index (Phi) is 12.9. The Morgan fingerprint density at radius 1 is 0.909 bits per heavy atom. The number of aliphatic carboxylic acids is 1. The maximum Gasteiger partial charge on any atom is 0.326 e. The number of carboxylic acids is 1. The van der Waals surface area contributed by atoms with Crippen LogP contribution in [0.15, 0.2) is 97.1 Å². The van der Waals surface area contributed by atoms with Gasteiger partial charge in [0.2, 0.25) is 17.7 Å². The first kappa shape index (κ1) is 38.7. The van der Waals surface area contributed by atoms with Crippen molar-refractivity contribution in [3.8, 4) is 11.5 Å². The second-order valence-electron chi connectivity index (χ2n) is 12.6. The van der Waals surface area contributed by atoms with Gasteiger partial charge in [0.1, 0.15) is 40.5 Å². The fraction of sp³-hybridized carbons (Fsp3) is 0.256. The molecule has 55 heavy (non-hydrogen) atoms. The Balaban J connectivity index is 1.25. The summed E-state index contributed by atoms with van der Waals surface area (Å²) >= 11 is 1.21. The Labute approximate surface area is 319 Å². The van der Waals surface area contributed by atoms with E-state index >= 15 is 0 Å². The highest BCUT2D eigenvalue weighted by atomic mass is 32.2. The van der Waals surface area contributed by atoms with Gasteiger partial charge in [-0.3, -0.25) is 19.2 Å². The number of hydrogen-bond acceptors (Lipinski definition) is 9. The number of phenolic OH excluding ortho intramolecular Hbond substituents is 1. The highest BCUT2D eigenvalue weighted by Crippen LogP contribution is 2.46. The number of aromatic hydroxyl groups is 1. The van der Waals surface area contributed by atoms with Gasteiger partial charge in [-0.15, -0.1) is 11.8 Å². The molecule has 0 aliphatic carbocycles. The van der Waals surface area contributed by atoms with Crippen LogP contribution in [0.2, 0.25) is 1.41 Å². The average molecular weight is 778 g/mol. The number of rotatable bonds is 18. The van der Waals surface area contributed by atoms with E-state index in [0.717, 1.165) is 0 Å². The van der Waals surface area contributed by atoms with Gasteiger partial charge >= 0.3 is 5.97 Å². The van der Waals surface area contributed by atoms with Crippen molar-refractivity contribution < 1.29 is 54.2 Å². The Morgan fingerprint density at radius 3 is 2.13 bits per heavy atom. The van der Waals surface area contributed by atoms with Gasteiger partial charge in [0, 0.05) is 24.3 Å². The fourth-order valence-electron chi connectivity index (χ4n) is 5.80. The first-order chi connectivity index (χ1) is 26.7. The number of amides is 4. The minimum Gasteiger partial charge on any atom is -0.508 e. The van der Waals surface area contributed by atoms with Crippen LogP contribution in [-0.4, -0.2) is 74.6 Å². The summed E-state index contributed by atoms with van der Waals surface area (Å²) in [6, 6.07) is 19.1. The van der Waals surface area contributed by atoms with Crippen LogP contribution >= 0.6 is 11.8 Å². The molecule has 4 amide bonds. The van der Waals surface area contributed by atoms with Crippen molar-refractivity contribution in [3.05, 3.63) is 125 Å². The van der Waals surface area contributed by atoms with Gasteiger partial charge in [-0.25, -0.2) is 13.6 Å². The number of carboxylic acid groups (broad SMARTS) is 1. The monoisotopic (exact) mass is 777 g/mol. The van der Waals surface area contributed by atoms with Gasteiger partial charge in [-0.1, -0.05) is 36.4 Å². The Bertz CT molecular complexity index is 2030. The molecule has 4 aromatic rings. The van der Waals surface area contributed by atoms with Gasteiger partial charge in [0.25, 0.3) is 5.91 Å². The topological polar surface area (TPSA) is 209 Å². The van der Waals surface area contributed by atoms with E-state index in [4.69, 9.17) is 11.9 Å². The van der Waals surface area contributed by atoms with Crippen LogP contribution in [0, 0.1) is 11.6 Å². The lowest BCUT2D eigenvalue weighted by Crippen LogP contribution is -2.57. The Morgan fingerprint density at radius 2 is 1.53 bits per heavy atom. The van der Waals surface area contributed by atoms with Crippen LogP contribution in [-0.2, 0) is 30.4 Å². The molecule has 1 saturated heterocycles. The smallest absolute Gasteiger partial charge is 0.326 e. The number of halogens is 2. The number of carbonyl (C=O) groups is 5. The van der Waals surface area contributed by atoms with Crippen molar-refractivity contribution in [3.63, 3.8) is 0 Å². The lowest BCUT2D eigenvalue weighted by atomic mass is 9.92. The molecule has 1 fully saturated rings. The zero-order valence-corrected chi connectivity index (χ0v) is 29.9. The van der Waals surface area contributed by atoms with Crippen molar-refractivity contribution in [2.75, 3.05) is 17.3 Å². The van der Waals surface area contributed by atoms with Gasteiger partial charge in [-0.05, 0) is 83.8 Å². The first-order valence-corrected chi connectivity index (χ1v) is 18.0. The van der Waals surface area contributed by atoms with Crippen LogP contribution in [0.3, 0.4) is 0 Å². The number of aliphatic hydroxyl groups excluding tert-OH is 1. The fourth-order valence-corrected chi connectivity index (χ4v) is 7.10. The molecular weight excluding hydrogens is 739 g/mol. The number of nitrogens with two attached hydrogens (primary N) is 1. The molecule has 5 atom stereocenters. The number of phenols is 1.